The third-order valence-electron chi connectivity index (χ3n) is 5.20. The lowest BCUT2D eigenvalue weighted by Gasteiger charge is -2.31. The van der Waals surface area contributed by atoms with Crippen molar-refractivity contribution in [2.45, 2.75) is 83.1 Å². The molecule has 2 unspecified atom stereocenters. The van der Waals surface area contributed by atoms with Crippen molar-refractivity contribution >= 4 is 15.9 Å². The molecule has 19 heavy (non-hydrogen) atoms. The van der Waals surface area contributed by atoms with E-state index in [-0.39, 0.29) is 0 Å². The van der Waals surface area contributed by atoms with E-state index < -0.39 is 0 Å². The van der Waals surface area contributed by atoms with Crippen LogP contribution in [-0.4, -0.2) is 29.4 Å². The summed E-state index contributed by atoms with van der Waals surface area (Å²) >= 11 is 3.50. The van der Waals surface area contributed by atoms with Crippen molar-refractivity contribution in [1.82, 2.24) is 4.90 Å². The first-order chi connectivity index (χ1) is 9.42. The van der Waals surface area contributed by atoms with Crippen LogP contribution in [0.4, 0.5) is 0 Å². The molecular formula is C17H32BrN. The van der Waals surface area contributed by atoms with Gasteiger partial charge in [0, 0.05) is 11.4 Å². The normalized spacial score (nSPS) is 27.6. The average molecular weight is 330 g/mol. The van der Waals surface area contributed by atoms with Crippen molar-refractivity contribution in [3.8, 4) is 0 Å². The fraction of sp³-hybridized carbons (Fsp3) is 1.00. The number of hydrogen-bond donors (Lipinski definition) is 0. The molecule has 1 aliphatic carbocycles. The van der Waals surface area contributed by atoms with Gasteiger partial charge in [-0.3, -0.25) is 0 Å². The molecule has 1 aliphatic heterocycles. The molecule has 0 aromatic heterocycles. The predicted octanol–water partition coefficient (Wildman–Crippen LogP) is 5.38. The highest BCUT2D eigenvalue weighted by atomic mass is 79.9. The maximum absolute atomic E-state index is 3.50. The number of unbranched alkanes of at least 4 members (excludes halogenated alkanes) is 6. The molecule has 2 heteroatoms. The highest BCUT2D eigenvalue weighted by molar-refractivity contribution is 9.09. The van der Waals surface area contributed by atoms with Crippen molar-refractivity contribution in [2.24, 2.45) is 5.92 Å². The fourth-order valence-electron chi connectivity index (χ4n) is 4.07. The van der Waals surface area contributed by atoms with Gasteiger partial charge in [0.15, 0.2) is 0 Å². The van der Waals surface area contributed by atoms with Crippen molar-refractivity contribution in [2.75, 3.05) is 18.4 Å². The van der Waals surface area contributed by atoms with Gasteiger partial charge in [0.05, 0.1) is 0 Å². The van der Waals surface area contributed by atoms with Crippen molar-refractivity contribution in [3.63, 3.8) is 0 Å². The van der Waals surface area contributed by atoms with E-state index in [1.165, 1.54) is 95.5 Å². The molecule has 2 aliphatic rings. The number of likely N-dealkylation sites (tertiary alicyclic amines) is 1. The Hall–Kier alpha value is 0.440. The molecule has 2 rings (SSSR count). The molecule has 0 radical (unpaired) electrons. The summed E-state index contributed by atoms with van der Waals surface area (Å²) < 4.78 is 0. The van der Waals surface area contributed by atoms with Gasteiger partial charge in [-0.1, -0.05) is 60.9 Å². The Kier molecular flexibility index (Phi) is 7.82. The number of halogens is 1. The average Bonchev–Trinajstić information content (AvgIpc) is 2.85. The van der Waals surface area contributed by atoms with Crippen LogP contribution in [0.2, 0.25) is 0 Å². The van der Waals surface area contributed by atoms with Crippen molar-refractivity contribution in [1.29, 1.82) is 0 Å². The molecule has 0 spiro atoms. The summed E-state index contributed by atoms with van der Waals surface area (Å²) in [7, 11) is 0. The van der Waals surface area contributed by atoms with E-state index in [4.69, 9.17) is 0 Å². The molecule has 0 amide bonds. The van der Waals surface area contributed by atoms with E-state index in [0.29, 0.717) is 0 Å². The van der Waals surface area contributed by atoms with Gasteiger partial charge in [0.1, 0.15) is 0 Å². The number of nitrogens with zero attached hydrogens (tertiary/aromatic N) is 1. The van der Waals surface area contributed by atoms with Gasteiger partial charge in [0.2, 0.25) is 0 Å². The third-order valence-corrected chi connectivity index (χ3v) is 5.76. The van der Waals surface area contributed by atoms with Gasteiger partial charge in [-0.15, -0.1) is 0 Å². The van der Waals surface area contributed by atoms with Crippen LogP contribution in [0.3, 0.4) is 0 Å². The molecule has 2 fully saturated rings. The molecule has 1 nitrogen and oxygen atoms in total. The van der Waals surface area contributed by atoms with Crippen LogP contribution in [0.1, 0.15) is 77.0 Å². The summed E-state index contributed by atoms with van der Waals surface area (Å²) in [6.07, 6.45) is 17.6. The fourth-order valence-corrected chi connectivity index (χ4v) is 4.47. The Morgan fingerprint density at radius 2 is 1.47 bits per heavy atom. The van der Waals surface area contributed by atoms with Crippen LogP contribution in [0.15, 0.2) is 0 Å². The van der Waals surface area contributed by atoms with E-state index in [1.807, 2.05) is 0 Å². The largest absolute Gasteiger partial charge is 0.300 e. The van der Waals surface area contributed by atoms with Crippen molar-refractivity contribution < 1.29 is 0 Å². The van der Waals surface area contributed by atoms with E-state index >= 15 is 0 Å². The molecule has 0 aromatic rings. The Morgan fingerprint density at radius 3 is 2.26 bits per heavy atom. The number of alkyl halides is 1. The molecule has 1 saturated carbocycles. The Labute approximate surface area is 128 Å². The number of rotatable bonds is 9. The first kappa shape index (κ1) is 15.8. The molecule has 2 atom stereocenters. The first-order valence-corrected chi connectivity index (χ1v) is 9.84. The summed E-state index contributed by atoms with van der Waals surface area (Å²) in [5, 5.41) is 1.19. The summed E-state index contributed by atoms with van der Waals surface area (Å²) in [4.78, 5) is 2.83. The summed E-state index contributed by atoms with van der Waals surface area (Å²) in [5.41, 5.74) is 0. The zero-order chi connectivity index (χ0) is 13.3. The predicted molar refractivity (Wildman–Crippen MR) is 88.0 cm³/mol. The van der Waals surface area contributed by atoms with E-state index in [0.717, 1.165) is 12.0 Å². The minimum atomic E-state index is 0.979. The molecule has 0 N–H and O–H groups in total. The summed E-state index contributed by atoms with van der Waals surface area (Å²) in [5.74, 6) is 1.07. The van der Waals surface area contributed by atoms with Crippen LogP contribution < -0.4 is 0 Å². The van der Waals surface area contributed by atoms with E-state index in [1.54, 1.807) is 0 Å². The monoisotopic (exact) mass is 329 g/mol. The van der Waals surface area contributed by atoms with Gasteiger partial charge in [-0.05, 0) is 51.1 Å². The Balaban J connectivity index is 1.47. The Bertz CT molecular complexity index is 231. The van der Waals surface area contributed by atoms with Crippen LogP contribution in [0.25, 0.3) is 0 Å². The van der Waals surface area contributed by atoms with Crippen LogP contribution >= 0.6 is 15.9 Å². The third kappa shape index (κ3) is 5.38. The SMILES string of the molecule is BrCCCCCCCCCN1CCC2CCCCC21. The molecule has 0 bridgehead atoms. The smallest absolute Gasteiger partial charge is 0.0124 e. The van der Waals surface area contributed by atoms with Gasteiger partial charge >= 0.3 is 0 Å². The minimum absolute atomic E-state index is 0.979. The highest BCUT2D eigenvalue weighted by Gasteiger charge is 2.34. The van der Waals surface area contributed by atoms with E-state index in [9.17, 15) is 0 Å². The number of hydrogen-bond acceptors (Lipinski definition) is 1. The van der Waals surface area contributed by atoms with Gasteiger partial charge in [-0.25, -0.2) is 0 Å². The zero-order valence-electron chi connectivity index (χ0n) is 12.6. The summed E-state index contributed by atoms with van der Waals surface area (Å²) in [6.45, 7) is 2.79. The zero-order valence-corrected chi connectivity index (χ0v) is 14.2. The topological polar surface area (TPSA) is 3.24 Å². The van der Waals surface area contributed by atoms with Gasteiger partial charge in [-0.2, -0.15) is 0 Å². The molecule has 1 heterocycles. The van der Waals surface area contributed by atoms with Gasteiger partial charge < -0.3 is 4.90 Å². The molecule has 0 aromatic carbocycles. The molecular weight excluding hydrogens is 298 g/mol. The van der Waals surface area contributed by atoms with Crippen molar-refractivity contribution in [3.05, 3.63) is 0 Å². The summed E-state index contributed by atoms with van der Waals surface area (Å²) in [6, 6.07) is 0.979. The molecule has 1 saturated heterocycles. The lowest BCUT2D eigenvalue weighted by atomic mass is 9.85. The Morgan fingerprint density at radius 1 is 0.789 bits per heavy atom. The highest BCUT2D eigenvalue weighted by Crippen LogP contribution is 2.36. The first-order valence-electron chi connectivity index (χ1n) is 8.72. The van der Waals surface area contributed by atoms with Gasteiger partial charge in [0.25, 0.3) is 0 Å². The maximum Gasteiger partial charge on any atom is 0.0124 e. The second-order valence-electron chi connectivity index (χ2n) is 6.60. The number of fused-ring (bicyclic) bond motifs is 1. The quantitative estimate of drug-likeness (QED) is 0.405. The van der Waals surface area contributed by atoms with E-state index in [2.05, 4.69) is 20.8 Å². The van der Waals surface area contributed by atoms with Crippen LogP contribution in [-0.2, 0) is 0 Å². The van der Waals surface area contributed by atoms with Crippen LogP contribution in [0.5, 0.6) is 0 Å². The standard InChI is InChI=1S/C17H32BrN/c18-13-8-4-2-1-3-5-9-14-19-15-12-16-10-6-7-11-17(16)19/h16-17H,1-15H2. The minimum Gasteiger partial charge on any atom is -0.300 e. The van der Waals surface area contributed by atoms with Crippen LogP contribution in [0, 0.1) is 5.92 Å². The second kappa shape index (κ2) is 9.39. The maximum atomic E-state index is 3.50. The lowest BCUT2D eigenvalue weighted by molar-refractivity contribution is 0.179. The lowest BCUT2D eigenvalue weighted by Crippen LogP contribution is -2.35. The molecule has 112 valence electrons. The second-order valence-corrected chi connectivity index (χ2v) is 7.39.